The van der Waals surface area contributed by atoms with Gasteiger partial charge in [0.05, 0.1) is 13.2 Å². The van der Waals surface area contributed by atoms with Gasteiger partial charge in [-0.25, -0.2) is 10.0 Å². The fourth-order valence-electron chi connectivity index (χ4n) is 2.00. The van der Waals surface area contributed by atoms with Crippen molar-refractivity contribution in [3.63, 3.8) is 0 Å². The molecule has 0 aliphatic carbocycles. The van der Waals surface area contributed by atoms with Crippen LogP contribution in [0.5, 0.6) is 0 Å². The third-order valence-electron chi connectivity index (χ3n) is 2.72. The number of hydrogen-bond donors (Lipinski definition) is 0. The van der Waals surface area contributed by atoms with Gasteiger partial charge in [0.2, 0.25) is 0 Å². The Morgan fingerprint density at radius 3 is 1.85 bits per heavy atom. The molecule has 2 heterocycles. The second-order valence-corrected chi connectivity index (χ2v) is 3.58. The summed E-state index contributed by atoms with van der Waals surface area (Å²) < 4.78 is 5.32. The van der Waals surface area contributed by atoms with Gasteiger partial charge in [0, 0.05) is 26.2 Å². The van der Waals surface area contributed by atoms with Gasteiger partial charge in [-0.3, -0.25) is 0 Å². The average Bonchev–Trinajstić information content (AvgIpc) is 2.21. The van der Waals surface area contributed by atoms with Crippen molar-refractivity contribution in [2.75, 3.05) is 39.4 Å². The highest BCUT2D eigenvalue weighted by Crippen LogP contribution is 2.12. The van der Waals surface area contributed by atoms with Crippen molar-refractivity contribution in [1.29, 1.82) is 0 Å². The maximum atomic E-state index is 5.32. The molecule has 0 aromatic carbocycles. The van der Waals surface area contributed by atoms with E-state index in [9.17, 15) is 0 Å². The molecule has 0 atom stereocenters. The smallest absolute Gasteiger partial charge is 0.0608 e. The van der Waals surface area contributed by atoms with E-state index >= 15 is 0 Å². The fraction of sp³-hybridized carbons (Fsp3) is 1.00. The van der Waals surface area contributed by atoms with Gasteiger partial charge in [0.25, 0.3) is 0 Å². The standard InChI is InChI=1S/C9H18N2O.ClH/c1-2-4-10(5-3-1)11-6-8-12-9-7-11;/h1-9H2;1H. The van der Waals surface area contributed by atoms with Crippen LogP contribution in [0.4, 0.5) is 0 Å². The zero-order chi connectivity index (χ0) is 8.23. The van der Waals surface area contributed by atoms with Crippen molar-refractivity contribution in [1.82, 2.24) is 10.0 Å². The maximum Gasteiger partial charge on any atom is 0.0608 e. The zero-order valence-electron chi connectivity index (χ0n) is 8.07. The molecule has 0 aromatic rings. The lowest BCUT2D eigenvalue weighted by molar-refractivity contribution is -0.0978. The van der Waals surface area contributed by atoms with E-state index in [0.29, 0.717) is 0 Å². The lowest BCUT2D eigenvalue weighted by atomic mass is 10.2. The van der Waals surface area contributed by atoms with Gasteiger partial charge in [0.1, 0.15) is 0 Å². The second-order valence-electron chi connectivity index (χ2n) is 3.58. The van der Waals surface area contributed by atoms with Crippen LogP contribution in [0.1, 0.15) is 19.3 Å². The minimum absolute atomic E-state index is 0. The van der Waals surface area contributed by atoms with Gasteiger partial charge < -0.3 is 4.74 Å². The first-order valence-electron chi connectivity index (χ1n) is 5.04. The first kappa shape index (κ1) is 11.2. The lowest BCUT2D eigenvalue weighted by Crippen LogP contribution is -2.50. The third-order valence-corrected chi connectivity index (χ3v) is 2.72. The van der Waals surface area contributed by atoms with Gasteiger partial charge in [-0.2, -0.15) is 0 Å². The average molecular weight is 207 g/mol. The maximum absolute atomic E-state index is 5.32. The van der Waals surface area contributed by atoms with Crippen molar-refractivity contribution in [2.45, 2.75) is 19.3 Å². The van der Waals surface area contributed by atoms with Crippen molar-refractivity contribution < 1.29 is 4.74 Å². The third kappa shape index (κ3) is 3.09. The highest BCUT2D eigenvalue weighted by atomic mass is 35.5. The normalized spacial score (nSPS) is 26.8. The van der Waals surface area contributed by atoms with Crippen molar-refractivity contribution in [2.24, 2.45) is 0 Å². The molecule has 0 spiro atoms. The molecule has 2 aliphatic heterocycles. The summed E-state index contributed by atoms with van der Waals surface area (Å²) in [5.41, 5.74) is 0. The van der Waals surface area contributed by atoms with E-state index in [2.05, 4.69) is 10.0 Å². The number of ether oxygens (including phenoxy) is 1. The molecule has 0 radical (unpaired) electrons. The SMILES string of the molecule is C1CCN(N2CCOCC2)CC1.Cl. The van der Waals surface area contributed by atoms with Crippen LogP contribution in [-0.2, 0) is 4.74 Å². The monoisotopic (exact) mass is 206 g/mol. The molecule has 2 aliphatic rings. The molecule has 0 aromatic heterocycles. The van der Waals surface area contributed by atoms with E-state index in [0.717, 1.165) is 26.3 Å². The van der Waals surface area contributed by atoms with Gasteiger partial charge in [-0.05, 0) is 12.8 Å². The van der Waals surface area contributed by atoms with E-state index in [1.165, 1.54) is 32.4 Å². The first-order chi connectivity index (χ1) is 5.97. The number of piperidine rings is 1. The highest BCUT2D eigenvalue weighted by molar-refractivity contribution is 5.85. The Morgan fingerprint density at radius 2 is 1.23 bits per heavy atom. The zero-order valence-corrected chi connectivity index (χ0v) is 8.89. The summed E-state index contributed by atoms with van der Waals surface area (Å²) in [6, 6.07) is 0. The number of halogens is 1. The Morgan fingerprint density at radius 1 is 0.692 bits per heavy atom. The number of morpholine rings is 1. The van der Waals surface area contributed by atoms with E-state index in [1.807, 2.05) is 0 Å². The van der Waals surface area contributed by atoms with Gasteiger partial charge in [0.15, 0.2) is 0 Å². The van der Waals surface area contributed by atoms with Crippen LogP contribution in [0, 0.1) is 0 Å². The molecule has 0 bridgehead atoms. The Labute approximate surface area is 86.4 Å². The lowest BCUT2D eigenvalue weighted by Gasteiger charge is -2.39. The molecule has 4 heteroatoms. The predicted molar refractivity (Wildman–Crippen MR) is 55.1 cm³/mol. The summed E-state index contributed by atoms with van der Waals surface area (Å²) in [6.45, 7) is 6.55. The minimum atomic E-state index is 0. The summed E-state index contributed by atoms with van der Waals surface area (Å²) in [6.07, 6.45) is 4.16. The van der Waals surface area contributed by atoms with Crippen LogP contribution < -0.4 is 0 Å². The number of rotatable bonds is 1. The van der Waals surface area contributed by atoms with E-state index in [1.54, 1.807) is 0 Å². The van der Waals surface area contributed by atoms with Crippen LogP contribution in [0.15, 0.2) is 0 Å². The summed E-state index contributed by atoms with van der Waals surface area (Å²) >= 11 is 0. The van der Waals surface area contributed by atoms with Crippen LogP contribution in [0.25, 0.3) is 0 Å². The van der Waals surface area contributed by atoms with Crippen molar-refractivity contribution in [3.05, 3.63) is 0 Å². The Kier molecular flexibility index (Phi) is 5.02. The van der Waals surface area contributed by atoms with E-state index < -0.39 is 0 Å². The summed E-state index contributed by atoms with van der Waals surface area (Å²) in [5.74, 6) is 0. The molecular weight excluding hydrogens is 188 g/mol. The molecule has 2 saturated heterocycles. The number of hydrogen-bond acceptors (Lipinski definition) is 3. The molecule has 78 valence electrons. The van der Waals surface area contributed by atoms with Crippen LogP contribution in [0.2, 0.25) is 0 Å². The molecule has 2 fully saturated rings. The molecule has 0 saturated carbocycles. The molecule has 0 unspecified atom stereocenters. The van der Waals surface area contributed by atoms with E-state index in [4.69, 9.17) is 4.74 Å². The minimum Gasteiger partial charge on any atom is -0.379 e. The topological polar surface area (TPSA) is 15.7 Å². The first-order valence-corrected chi connectivity index (χ1v) is 5.04. The Balaban J connectivity index is 0.000000845. The Bertz CT molecular complexity index is 118. The fourth-order valence-corrected chi connectivity index (χ4v) is 2.00. The number of hydrazine groups is 1. The largest absolute Gasteiger partial charge is 0.379 e. The molecule has 3 nitrogen and oxygen atoms in total. The quantitative estimate of drug-likeness (QED) is 0.640. The summed E-state index contributed by atoms with van der Waals surface area (Å²) in [7, 11) is 0. The van der Waals surface area contributed by atoms with Crippen LogP contribution in [-0.4, -0.2) is 49.4 Å². The van der Waals surface area contributed by atoms with Gasteiger partial charge in [-0.15, -0.1) is 12.4 Å². The van der Waals surface area contributed by atoms with Gasteiger partial charge >= 0.3 is 0 Å². The van der Waals surface area contributed by atoms with Gasteiger partial charge in [-0.1, -0.05) is 6.42 Å². The second kappa shape index (κ2) is 5.81. The van der Waals surface area contributed by atoms with Crippen LogP contribution >= 0.6 is 12.4 Å². The molecule has 13 heavy (non-hydrogen) atoms. The highest BCUT2D eigenvalue weighted by Gasteiger charge is 2.19. The van der Waals surface area contributed by atoms with E-state index in [-0.39, 0.29) is 12.4 Å². The Hall–Kier alpha value is 0.170. The molecular formula is C9H19ClN2O. The molecule has 0 amide bonds. The van der Waals surface area contributed by atoms with Crippen LogP contribution in [0.3, 0.4) is 0 Å². The van der Waals surface area contributed by atoms with Crippen molar-refractivity contribution >= 4 is 12.4 Å². The summed E-state index contributed by atoms with van der Waals surface area (Å²) in [4.78, 5) is 0. The molecule has 0 N–H and O–H groups in total. The number of nitrogens with zero attached hydrogens (tertiary/aromatic N) is 2. The predicted octanol–water partition coefficient (Wildman–Crippen LogP) is 1.14. The van der Waals surface area contributed by atoms with Crippen molar-refractivity contribution in [3.8, 4) is 0 Å². The molecule has 2 rings (SSSR count). The summed E-state index contributed by atoms with van der Waals surface area (Å²) in [5, 5.41) is 4.97.